The van der Waals surface area contributed by atoms with Crippen molar-refractivity contribution >= 4 is 38.8 Å². The standard InChI is InChI=1S/C28H23BrN2O5/c1-2-33-26-13-18(15-30-31-28(32)20-10-11-24-25(14-20)36-17-35-24)12-23(29)27(26)34-16-21-8-5-7-19-6-3-4-9-22(19)21/h3-15H,2,16-17H2,1H3,(H,31,32). The molecule has 0 unspecified atom stereocenters. The molecule has 0 bridgehead atoms. The summed E-state index contributed by atoms with van der Waals surface area (Å²) in [5, 5.41) is 6.41. The summed E-state index contributed by atoms with van der Waals surface area (Å²) in [6, 6.07) is 23.0. The molecule has 0 aliphatic carbocycles. The summed E-state index contributed by atoms with van der Waals surface area (Å²) in [4.78, 5) is 12.5. The fourth-order valence-corrected chi connectivity index (χ4v) is 4.48. The summed E-state index contributed by atoms with van der Waals surface area (Å²) >= 11 is 3.60. The molecule has 0 fully saturated rings. The molecule has 4 aromatic carbocycles. The van der Waals surface area contributed by atoms with E-state index >= 15 is 0 Å². The van der Waals surface area contributed by atoms with Gasteiger partial charge < -0.3 is 18.9 Å². The summed E-state index contributed by atoms with van der Waals surface area (Å²) in [6.45, 7) is 2.92. The van der Waals surface area contributed by atoms with E-state index in [4.69, 9.17) is 18.9 Å². The average Bonchev–Trinajstić information content (AvgIpc) is 3.36. The molecule has 7 nitrogen and oxygen atoms in total. The van der Waals surface area contributed by atoms with E-state index < -0.39 is 0 Å². The van der Waals surface area contributed by atoms with Gasteiger partial charge in [-0.05, 0) is 75.1 Å². The minimum absolute atomic E-state index is 0.150. The van der Waals surface area contributed by atoms with Crippen LogP contribution in [0.2, 0.25) is 0 Å². The third-order valence-electron chi connectivity index (χ3n) is 5.60. The molecule has 0 spiro atoms. The van der Waals surface area contributed by atoms with Crippen molar-refractivity contribution in [2.75, 3.05) is 13.4 Å². The second-order valence-electron chi connectivity index (χ2n) is 7.96. The molecule has 0 saturated heterocycles. The van der Waals surface area contributed by atoms with Crippen molar-refractivity contribution in [2.24, 2.45) is 5.10 Å². The number of amides is 1. The Kier molecular flexibility index (Phi) is 7.04. The second-order valence-corrected chi connectivity index (χ2v) is 8.81. The van der Waals surface area contributed by atoms with Crippen LogP contribution in [0.3, 0.4) is 0 Å². The van der Waals surface area contributed by atoms with Crippen molar-refractivity contribution < 1.29 is 23.7 Å². The van der Waals surface area contributed by atoms with E-state index in [9.17, 15) is 4.79 Å². The van der Waals surface area contributed by atoms with Crippen LogP contribution in [0.25, 0.3) is 10.8 Å². The van der Waals surface area contributed by atoms with Crippen LogP contribution in [0, 0.1) is 0 Å². The van der Waals surface area contributed by atoms with Gasteiger partial charge in [0.25, 0.3) is 5.91 Å². The van der Waals surface area contributed by atoms with Gasteiger partial charge in [-0.15, -0.1) is 0 Å². The molecule has 36 heavy (non-hydrogen) atoms. The van der Waals surface area contributed by atoms with Crippen molar-refractivity contribution in [3.63, 3.8) is 0 Å². The van der Waals surface area contributed by atoms with Crippen LogP contribution >= 0.6 is 15.9 Å². The highest BCUT2D eigenvalue weighted by atomic mass is 79.9. The van der Waals surface area contributed by atoms with Crippen LogP contribution in [0.15, 0.2) is 82.4 Å². The van der Waals surface area contributed by atoms with Gasteiger partial charge in [-0.3, -0.25) is 4.79 Å². The van der Waals surface area contributed by atoms with Crippen molar-refractivity contribution in [1.82, 2.24) is 5.43 Å². The molecule has 1 aliphatic heterocycles. The normalized spacial score (nSPS) is 12.2. The lowest BCUT2D eigenvalue weighted by atomic mass is 10.1. The number of hydrazone groups is 1. The van der Waals surface area contributed by atoms with Crippen LogP contribution in [0.4, 0.5) is 0 Å². The molecule has 5 rings (SSSR count). The molecule has 0 atom stereocenters. The number of rotatable bonds is 8. The molecule has 1 N–H and O–H groups in total. The van der Waals surface area contributed by atoms with E-state index in [0.717, 1.165) is 26.4 Å². The maximum Gasteiger partial charge on any atom is 0.271 e. The number of carbonyl (C=O) groups excluding carboxylic acids is 1. The molecular formula is C28H23BrN2O5. The monoisotopic (exact) mass is 546 g/mol. The highest BCUT2D eigenvalue weighted by Gasteiger charge is 2.16. The Labute approximate surface area is 216 Å². The van der Waals surface area contributed by atoms with Gasteiger partial charge in [0.1, 0.15) is 6.61 Å². The Morgan fingerprint density at radius 2 is 1.86 bits per heavy atom. The van der Waals surface area contributed by atoms with Gasteiger partial charge in [-0.2, -0.15) is 5.10 Å². The quantitative estimate of drug-likeness (QED) is 0.214. The minimum Gasteiger partial charge on any atom is -0.490 e. The van der Waals surface area contributed by atoms with Gasteiger partial charge in [-0.1, -0.05) is 42.5 Å². The molecule has 1 heterocycles. The Morgan fingerprint density at radius 1 is 1.03 bits per heavy atom. The zero-order valence-electron chi connectivity index (χ0n) is 19.5. The first-order valence-corrected chi connectivity index (χ1v) is 12.2. The molecule has 0 saturated carbocycles. The molecular weight excluding hydrogens is 524 g/mol. The SMILES string of the molecule is CCOc1cc(C=NNC(=O)c2ccc3c(c2)OCO3)cc(Br)c1OCc1cccc2ccccc12. The third kappa shape index (κ3) is 5.13. The van der Waals surface area contributed by atoms with E-state index in [2.05, 4.69) is 50.7 Å². The van der Waals surface area contributed by atoms with E-state index in [-0.39, 0.29) is 12.7 Å². The maximum absolute atomic E-state index is 12.5. The van der Waals surface area contributed by atoms with Crippen molar-refractivity contribution in [3.05, 3.63) is 94.0 Å². The van der Waals surface area contributed by atoms with Crippen LogP contribution in [0.1, 0.15) is 28.4 Å². The number of fused-ring (bicyclic) bond motifs is 2. The predicted octanol–water partition coefficient (Wildman–Crippen LogP) is 6.07. The van der Waals surface area contributed by atoms with Crippen molar-refractivity contribution in [2.45, 2.75) is 13.5 Å². The minimum atomic E-state index is -0.358. The van der Waals surface area contributed by atoms with Gasteiger partial charge in [0.15, 0.2) is 23.0 Å². The summed E-state index contributed by atoms with van der Waals surface area (Å²) < 4.78 is 23.4. The van der Waals surface area contributed by atoms with Crippen LogP contribution in [0.5, 0.6) is 23.0 Å². The fourth-order valence-electron chi connectivity index (χ4n) is 3.90. The lowest BCUT2D eigenvalue weighted by molar-refractivity contribution is 0.0954. The maximum atomic E-state index is 12.5. The summed E-state index contributed by atoms with van der Waals surface area (Å²) in [5.74, 6) is 1.98. The first-order valence-electron chi connectivity index (χ1n) is 11.4. The van der Waals surface area contributed by atoms with Gasteiger partial charge >= 0.3 is 0 Å². The number of hydrogen-bond acceptors (Lipinski definition) is 6. The number of benzene rings is 4. The summed E-state index contributed by atoms with van der Waals surface area (Å²) in [7, 11) is 0. The first kappa shape index (κ1) is 23.7. The molecule has 8 heteroatoms. The predicted molar refractivity (Wildman–Crippen MR) is 141 cm³/mol. The van der Waals surface area contributed by atoms with Gasteiger partial charge in [0.2, 0.25) is 6.79 Å². The van der Waals surface area contributed by atoms with E-state index in [1.54, 1.807) is 24.4 Å². The lowest BCUT2D eigenvalue weighted by Gasteiger charge is -2.15. The van der Waals surface area contributed by atoms with Crippen LogP contribution in [-0.4, -0.2) is 25.5 Å². The Bertz CT molecular complexity index is 1450. The number of halogens is 1. The molecule has 0 radical (unpaired) electrons. The number of carbonyl (C=O) groups is 1. The topological polar surface area (TPSA) is 78.4 Å². The Balaban J connectivity index is 1.30. The van der Waals surface area contributed by atoms with Crippen LogP contribution < -0.4 is 24.4 Å². The van der Waals surface area contributed by atoms with Crippen molar-refractivity contribution in [3.8, 4) is 23.0 Å². The molecule has 182 valence electrons. The van der Waals surface area contributed by atoms with Gasteiger partial charge in [0.05, 0.1) is 17.3 Å². The lowest BCUT2D eigenvalue weighted by Crippen LogP contribution is -2.17. The molecule has 1 aliphatic rings. The highest BCUT2D eigenvalue weighted by molar-refractivity contribution is 9.10. The largest absolute Gasteiger partial charge is 0.490 e. The van der Waals surface area contributed by atoms with E-state index in [1.165, 1.54) is 0 Å². The van der Waals surface area contributed by atoms with Gasteiger partial charge in [0, 0.05) is 5.56 Å². The van der Waals surface area contributed by atoms with E-state index in [0.29, 0.717) is 41.8 Å². The molecule has 1 amide bonds. The number of nitrogens with zero attached hydrogens (tertiary/aromatic N) is 1. The van der Waals surface area contributed by atoms with Gasteiger partial charge in [-0.25, -0.2) is 5.43 Å². The van der Waals surface area contributed by atoms with Crippen molar-refractivity contribution in [1.29, 1.82) is 0 Å². The highest BCUT2D eigenvalue weighted by Crippen LogP contribution is 2.37. The number of ether oxygens (including phenoxy) is 4. The first-order chi connectivity index (χ1) is 17.6. The van der Waals surface area contributed by atoms with Crippen LogP contribution in [-0.2, 0) is 6.61 Å². The summed E-state index contributed by atoms with van der Waals surface area (Å²) in [6.07, 6.45) is 1.55. The third-order valence-corrected chi connectivity index (χ3v) is 6.19. The zero-order chi connectivity index (χ0) is 24.9. The number of hydrogen-bond donors (Lipinski definition) is 1. The Hall–Kier alpha value is -4.04. The van der Waals surface area contributed by atoms with E-state index in [1.807, 2.05) is 37.3 Å². The molecule has 0 aromatic heterocycles. The number of nitrogens with one attached hydrogen (secondary N) is 1. The smallest absolute Gasteiger partial charge is 0.271 e. The second kappa shape index (κ2) is 10.7. The fraction of sp³-hybridized carbons (Fsp3) is 0.143. The zero-order valence-corrected chi connectivity index (χ0v) is 21.1. The Morgan fingerprint density at radius 3 is 2.75 bits per heavy atom. The molecule has 4 aromatic rings. The average molecular weight is 547 g/mol. The summed E-state index contributed by atoms with van der Waals surface area (Å²) in [5.41, 5.74) is 4.77.